The molecule has 42 heavy (non-hydrogen) atoms. The third-order valence-corrected chi connectivity index (χ3v) is 10.6. The number of carbonyl (C=O) groups excluding carboxylic acids is 2. The molecule has 2 fully saturated rings. The Morgan fingerprint density at radius 2 is 1.31 bits per heavy atom. The molecular formula is C27H26F8N2O4S. The number of rotatable bonds is 5. The molecule has 1 saturated heterocycles. The van der Waals surface area contributed by atoms with Gasteiger partial charge < -0.3 is 9.80 Å². The molecular weight excluding hydrogens is 600 g/mol. The molecule has 4 rings (SSSR count). The molecule has 2 aliphatic rings. The second kappa shape index (κ2) is 10.8. The highest BCUT2D eigenvalue weighted by molar-refractivity contribution is 7.92. The molecule has 2 amide bonds. The van der Waals surface area contributed by atoms with Crippen LogP contribution in [0.2, 0.25) is 0 Å². The SMILES string of the molecule is CC(=O)N1CCN(C(=O)[C@H]2CC[C@](c3ccc(C(F)(C(F)(F)F)C(F)(F)F)cc3)(S(=O)(=O)c3ccc(F)cc3)C2)CC1. The zero-order chi connectivity index (χ0) is 31.3. The van der Waals surface area contributed by atoms with Crippen molar-refractivity contribution in [2.24, 2.45) is 5.92 Å². The van der Waals surface area contributed by atoms with Crippen LogP contribution in [0.5, 0.6) is 0 Å². The van der Waals surface area contributed by atoms with Gasteiger partial charge >= 0.3 is 18.0 Å². The van der Waals surface area contributed by atoms with Gasteiger partial charge in [-0.1, -0.05) is 24.3 Å². The van der Waals surface area contributed by atoms with E-state index in [2.05, 4.69) is 0 Å². The molecule has 2 aromatic rings. The van der Waals surface area contributed by atoms with E-state index in [4.69, 9.17) is 0 Å². The first-order valence-electron chi connectivity index (χ1n) is 12.8. The minimum absolute atomic E-state index is 0.00603. The van der Waals surface area contributed by atoms with E-state index in [9.17, 15) is 53.1 Å². The highest BCUT2D eigenvalue weighted by Crippen LogP contribution is 2.55. The molecule has 230 valence electrons. The molecule has 1 saturated carbocycles. The van der Waals surface area contributed by atoms with Crippen LogP contribution in [0.25, 0.3) is 0 Å². The van der Waals surface area contributed by atoms with E-state index in [1.165, 1.54) is 16.7 Å². The van der Waals surface area contributed by atoms with Crippen molar-refractivity contribution in [1.82, 2.24) is 9.80 Å². The average molecular weight is 627 g/mol. The van der Waals surface area contributed by atoms with Gasteiger partial charge in [0.2, 0.25) is 11.8 Å². The Labute approximate surface area is 236 Å². The third-order valence-electron chi connectivity index (χ3n) is 8.09. The molecule has 2 atom stereocenters. The average Bonchev–Trinajstić information content (AvgIpc) is 3.39. The van der Waals surface area contributed by atoms with E-state index in [0.717, 1.165) is 24.3 Å². The second-order valence-corrected chi connectivity index (χ2v) is 12.7. The van der Waals surface area contributed by atoms with E-state index in [-0.39, 0.29) is 73.9 Å². The summed E-state index contributed by atoms with van der Waals surface area (Å²) in [6, 6.07) is 5.57. The number of benzene rings is 2. The normalized spacial score (nSPS) is 22.4. The van der Waals surface area contributed by atoms with Crippen molar-refractivity contribution >= 4 is 21.7 Å². The Morgan fingerprint density at radius 1 is 0.810 bits per heavy atom. The lowest BCUT2D eigenvalue weighted by atomic mass is 9.89. The zero-order valence-electron chi connectivity index (χ0n) is 22.1. The van der Waals surface area contributed by atoms with Gasteiger partial charge in [-0.15, -0.1) is 0 Å². The highest BCUT2D eigenvalue weighted by Gasteiger charge is 2.73. The van der Waals surface area contributed by atoms with Crippen LogP contribution in [0.15, 0.2) is 53.4 Å². The number of amides is 2. The third kappa shape index (κ3) is 5.24. The maximum absolute atomic E-state index is 14.7. The molecule has 1 aliphatic carbocycles. The van der Waals surface area contributed by atoms with Crippen LogP contribution in [0, 0.1) is 11.7 Å². The van der Waals surface area contributed by atoms with Crippen LogP contribution >= 0.6 is 0 Å². The van der Waals surface area contributed by atoms with Crippen molar-refractivity contribution in [3.63, 3.8) is 0 Å². The lowest BCUT2D eigenvalue weighted by Gasteiger charge is -2.36. The Hall–Kier alpha value is -3.23. The monoisotopic (exact) mass is 626 g/mol. The fourth-order valence-corrected chi connectivity index (χ4v) is 7.91. The molecule has 0 aromatic heterocycles. The second-order valence-electron chi connectivity index (χ2n) is 10.5. The van der Waals surface area contributed by atoms with Gasteiger partial charge in [0.15, 0.2) is 9.84 Å². The summed E-state index contributed by atoms with van der Waals surface area (Å²) in [5.41, 5.74) is -7.73. The topological polar surface area (TPSA) is 74.8 Å². The van der Waals surface area contributed by atoms with E-state index in [1.807, 2.05) is 0 Å². The van der Waals surface area contributed by atoms with Gasteiger partial charge in [0, 0.05) is 44.6 Å². The minimum Gasteiger partial charge on any atom is -0.339 e. The van der Waals surface area contributed by atoms with Crippen molar-refractivity contribution in [3.05, 3.63) is 65.5 Å². The summed E-state index contributed by atoms with van der Waals surface area (Å²) < 4.78 is 134. The number of nitrogens with zero attached hydrogens (tertiary/aromatic N) is 2. The predicted molar refractivity (Wildman–Crippen MR) is 133 cm³/mol. The van der Waals surface area contributed by atoms with Crippen LogP contribution in [0.4, 0.5) is 35.1 Å². The summed E-state index contributed by atoms with van der Waals surface area (Å²) in [6.45, 7) is 2.28. The number of sulfone groups is 1. The van der Waals surface area contributed by atoms with E-state index >= 15 is 0 Å². The number of alkyl halides is 7. The maximum atomic E-state index is 14.7. The Morgan fingerprint density at radius 3 is 1.79 bits per heavy atom. The number of carbonyl (C=O) groups is 2. The van der Waals surface area contributed by atoms with E-state index in [0.29, 0.717) is 12.1 Å². The van der Waals surface area contributed by atoms with Gasteiger partial charge in [-0.3, -0.25) is 9.59 Å². The quantitative estimate of drug-likeness (QED) is 0.335. The van der Waals surface area contributed by atoms with Gasteiger partial charge in [-0.2, -0.15) is 26.3 Å². The van der Waals surface area contributed by atoms with Crippen molar-refractivity contribution in [3.8, 4) is 0 Å². The first kappa shape index (κ1) is 31.7. The predicted octanol–water partition coefficient (Wildman–Crippen LogP) is 5.28. The number of piperazine rings is 1. The summed E-state index contributed by atoms with van der Waals surface area (Å²) in [5.74, 6) is -2.24. The molecule has 6 nitrogen and oxygen atoms in total. The van der Waals surface area contributed by atoms with Crippen LogP contribution in [-0.4, -0.2) is 68.6 Å². The van der Waals surface area contributed by atoms with Gasteiger partial charge in [0.1, 0.15) is 10.6 Å². The van der Waals surface area contributed by atoms with Gasteiger partial charge in [-0.05, 0) is 49.1 Å². The summed E-state index contributed by atoms with van der Waals surface area (Å²) in [5, 5.41) is 0. The highest BCUT2D eigenvalue weighted by atomic mass is 32.2. The molecule has 1 aliphatic heterocycles. The molecule has 2 aromatic carbocycles. The fraction of sp³-hybridized carbons (Fsp3) is 0.481. The first-order chi connectivity index (χ1) is 19.3. The molecule has 0 N–H and O–H groups in total. The summed E-state index contributed by atoms with van der Waals surface area (Å²) >= 11 is 0. The van der Waals surface area contributed by atoms with Gasteiger partial charge in [0.05, 0.1) is 4.90 Å². The molecule has 0 unspecified atom stereocenters. The zero-order valence-corrected chi connectivity index (χ0v) is 22.9. The lowest BCUT2D eigenvalue weighted by Crippen LogP contribution is -2.51. The summed E-state index contributed by atoms with van der Waals surface area (Å²) in [6.07, 6.45) is -13.3. The Balaban J connectivity index is 1.74. The Bertz CT molecular complexity index is 1420. The lowest BCUT2D eigenvalue weighted by molar-refractivity contribution is -0.348. The summed E-state index contributed by atoms with van der Waals surface area (Å²) in [4.78, 5) is 27.6. The fourth-order valence-electron chi connectivity index (χ4n) is 5.71. The van der Waals surface area contributed by atoms with Crippen LogP contribution in [0.1, 0.15) is 37.3 Å². The first-order valence-corrected chi connectivity index (χ1v) is 14.3. The van der Waals surface area contributed by atoms with Crippen molar-refractivity contribution in [2.75, 3.05) is 26.2 Å². The van der Waals surface area contributed by atoms with Crippen LogP contribution in [-0.2, 0) is 29.8 Å². The largest absolute Gasteiger partial charge is 0.435 e. The van der Waals surface area contributed by atoms with Crippen LogP contribution < -0.4 is 0 Å². The standard InChI is InChI=1S/C27H26F8N2O4S/c1-17(38)36-12-14-37(15-13-36)23(39)18-10-11-24(16-18,42(40,41)22-8-6-21(28)7-9-22)19-2-4-20(5-3-19)25(29,26(30,31)32)27(33,34)35/h2-9,18H,10-16H2,1H3/t18-,24-/m0/s1. The maximum Gasteiger partial charge on any atom is 0.435 e. The smallest absolute Gasteiger partial charge is 0.339 e. The van der Waals surface area contributed by atoms with Crippen molar-refractivity contribution in [2.45, 2.75) is 53.9 Å². The number of hydrogen-bond donors (Lipinski definition) is 0. The molecule has 0 bridgehead atoms. The van der Waals surface area contributed by atoms with Crippen LogP contribution in [0.3, 0.4) is 0 Å². The van der Waals surface area contributed by atoms with E-state index < -0.39 is 55.8 Å². The van der Waals surface area contributed by atoms with E-state index in [1.54, 1.807) is 0 Å². The van der Waals surface area contributed by atoms with Gasteiger partial charge in [0.25, 0.3) is 0 Å². The minimum atomic E-state index is -6.36. The molecule has 1 heterocycles. The van der Waals surface area contributed by atoms with Crippen molar-refractivity contribution in [1.29, 1.82) is 0 Å². The van der Waals surface area contributed by atoms with Crippen molar-refractivity contribution < 1.29 is 53.1 Å². The number of hydrogen-bond acceptors (Lipinski definition) is 4. The molecule has 0 spiro atoms. The molecule has 0 radical (unpaired) electrons. The number of halogens is 8. The molecule has 15 heteroatoms. The van der Waals surface area contributed by atoms with Gasteiger partial charge in [-0.25, -0.2) is 17.2 Å². The Kier molecular flexibility index (Phi) is 8.15. The summed E-state index contributed by atoms with van der Waals surface area (Å²) in [7, 11) is -4.52.